The molecule has 1 aliphatic heterocycles. The van der Waals surface area contributed by atoms with Gasteiger partial charge in [-0.1, -0.05) is 51.2 Å². The molecule has 1 unspecified atom stereocenters. The highest BCUT2D eigenvalue weighted by atomic mass is 32.2. The van der Waals surface area contributed by atoms with Gasteiger partial charge in [-0.2, -0.15) is 0 Å². The van der Waals surface area contributed by atoms with Gasteiger partial charge in [0.2, 0.25) is 11.8 Å². The second kappa shape index (κ2) is 11.2. The van der Waals surface area contributed by atoms with Crippen LogP contribution in [0.25, 0.3) is 0 Å². The Morgan fingerprint density at radius 3 is 2.40 bits per heavy atom. The van der Waals surface area contributed by atoms with Crippen LogP contribution in [0.3, 0.4) is 0 Å². The molecule has 2 aromatic carbocycles. The summed E-state index contributed by atoms with van der Waals surface area (Å²) in [5.41, 5.74) is 2.43. The van der Waals surface area contributed by atoms with Gasteiger partial charge in [0.15, 0.2) is 0 Å². The average Bonchev–Trinajstić information content (AvgIpc) is 3.13. The molecule has 1 N–H and O–H groups in total. The van der Waals surface area contributed by atoms with Gasteiger partial charge < -0.3 is 5.32 Å². The van der Waals surface area contributed by atoms with Crippen LogP contribution < -0.4 is 10.2 Å². The van der Waals surface area contributed by atoms with Gasteiger partial charge >= 0.3 is 0 Å². The van der Waals surface area contributed by atoms with Crippen molar-refractivity contribution in [3.8, 4) is 0 Å². The van der Waals surface area contributed by atoms with Crippen molar-refractivity contribution in [2.45, 2.75) is 57.2 Å². The van der Waals surface area contributed by atoms with Gasteiger partial charge in [0.25, 0.3) is 0 Å². The van der Waals surface area contributed by atoms with Gasteiger partial charge in [0.1, 0.15) is 11.2 Å². The molecule has 0 spiro atoms. The largest absolute Gasteiger partial charge is 0.326 e. The molecule has 160 valence electrons. The summed E-state index contributed by atoms with van der Waals surface area (Å²) in [5, 5.41) is 2.80. The molecule has 30 heavy (non-hydrogen) atoms. The number of unbranched alkanes of at least 4 members (excludes halogenated alkanes) is 5. The Bertz CT molecular complexity index is 839. The maximum Gasteiger partial charge on any atom is 0.238 e. The van der Waals surface area contributed by atoms with Gasteiger partial charge in [-0.05, 0) is 48.4 Å². The molecule has 2 aromatic rings. The van der Waals surface area contributed by atoms with Crippen molar-refractivity contribution in [3.63, 3.8) is 0 Å². The number of thioether (sulfide) groups is 1. The summed E-state index contributed by atoms with van der Waals surface area (Å²) >= 11 is 1.54. The number of carbonyl (C=O) groups is 2. The van der Waals surface area contributed by atoms with E-state index in [-0.39, 0.29) is 23.0 Å². The lowest BCUT2D eigenvalue weighted by atomic mass is 10.1. The average molecular weight is 429 g/mol. The van der Waals surface area contributed by atoms with E-state index in [0.29, 0.717) is 17.9 Å². The molecule has 2 amide bonds. The Morgan fingerprint density at radius 1 is 1.03 bits per heavy atom. The molecule has 0 bridgehead atoms. The standard InChI is InChI=1S/C24H29FN2O2S/c1-2-3-4-5-6-7-8-22(28)26-20-13-9-18(10-14-20)24-27(23(29)17-30-24)21-15-11-19(25)12-16-21/h9-16,24H,2-8,17H2,1H3,(H,26,28). The minimum absolute atomic E-state index is 0.00734. The Kier molecular flexibility index (Phi) is 8.31. The summed E-state index contributed by atoms with van der Waals surface area (Å²) < 4.78 is 13.2. The van der Waals surface area contributed by atoms with Crippen LogP contribution in [-0.2, 0) is 9.59 Å². The van der Waals surface area contributed by atoms with Gasteiger partial charge in [-0.15, -0.1) is 11.8 Å². The molecule has 1 fully saturated rings. The van der Waals surface area contributed by atoms with E-state index in [9.17, 15) is 14.0 Å². The third-order valence-electron chi connectivity index (χ3n) is 5.21. The minimum Gasteiger partial charge on any atom is -0.326 e. The highest BCUT2D eigenvalue weighted by Gasteiger charge is 2.33. The van der Waals surface area contributed by atoms with E-state index in [1.165, 1.54) is 37.8 Å². The highest BCUT2D eigenvalue weighted by molar-refractivity contribution is 8.00. The van der Waals surface area contributed by atoms with Crippen LogP contribution in [-0.4, -0.2) is 17.6 Å². The Balaban J connectivity index is 1.55. The monoisotopic (exact) mass is 428 g/mol. The summed E-state index contributed by atoms with van der Waals surface area (Å²) in [4.78, 5) is 26.2. The first-order valence-corrected chi connectivity index (χ1v) is 11.7. The first-order valence-electron chi connectivity index (χ1n) is 10.7. The number of halogens is 1. The summed E-state index contributed by atoms with van der Waals surface area (Å²) in [5.74, 6) is 0.110. The minimum atomic E-state index is -0.323. The maximum absolute atomic E-state index is 13.2. The third-order valence-corrected chi connectivity index (χ3v) is 6.42. The molecule has 3 rings (SSSR count). The number of amides is 2. The van der Waals surface area contributed by atoms with E-state index < -0.39 is 0 Å². The third kappa shape index (κ3) is 6.08. The van der Waals surface area contributed by atoms with Crippen LogP contribution in [0.2, 0.25) is 0 Å². The van der Waals surface area contributed by atoms with Gasteiger partial charge in [0, 0.05) is 17.8 Å². The Morgan fingerprint density at radius 2 is 1.70 bits per heavy atom. The van der Waals surface area contributed by atoms with Crippen molar-refractivity contribution in [1.29, 1.82) is 0 Å². The summed E-state index contributed by atoms with van der Waals surface area (Å²) in [6, 6.07) is 13.6. The highest BCUT2D eigenvalue weighted by Crippen LogP contribution is 2.41. The van der Waals surface area contributed by atoms with E-state index in [1.54, 1.807) is 28.8 Å². The van der Waals surface area contributed by atoms with Gasteiger partial charge in [-0.25, -0.2) is 4.39 Å². The second-order valence-corrected chi connectivity index (χ2v) is 8.66. The van der Waals surface area contributed by atoms with Crippen molar-refractivity contribution >= 4 is 35.0 Å². The molecule has 4 nitrogen and oxygen atoms in total. The molecule has 0 saturated carbocycles. The molecule has 1 saturated heterocycles. The van der Waals surface area contributed by atoms with E-state index in [1.807, 2.05) is 24.3 Å². The molecule has 1 aliphatic rings. The summed E-state index contributed by atoms with van der Waals surface area (Å²) in [6.07, 6.45) is 7.49. The van der Waals surface area contributed by atoms with Gasteiger partial charge in [-0.3, -0.25) is 14.5 Å². The van der Waals surface area contributed by atoms with Crippen molar-refractivity contribution < 1.29 is 14.0 Å². The number of rotatable bonds is 10. The first kappa shape index (κ1) is 22.3. The second-order valence-electron chi connectivity index (χ2n) is 7.59. The van der Waals surface area contributed by atoms with Crippen molar-refractivity contribution in [2.24, 2.45) is 0 Å². The lowest BCUT2D eigenvalue weighted by Crippen LogP contribution is -2.27. The normalized spacial score (nSPS) is 16.1. The predicted molar refractivity (Wildman–Crippen MR) is 122 cm³/mol. The van der Waals surface area contributed by atoms with Crippen LogP contribution in [0.1, 0.15) is 62.8 Å². The number of nitrogens with zero attached hydrogens (tertiary/aromatic N) is 1. The van der Waals surface area contributed by atoms with E-state index >= 15 is 0 Å². The zero-order valence-electron chi connectivity index (χ0n) is 17.4. The number of carbonyl (C=O) groups excluding carboxylic acids is 2. The fraction of sp³-hybridized carbons (Fsp3) is 0.417. The molecule has 0 aromatic heterocycles. The number of nitrogens with one attached hydrogen (secondary N) is 1. The molecular weight excluding hydrogens is 399 g/mol. The molecule has 1 heterocycles. The molecular formula is C24H29FN2O2S. The maximum atomic E-state index is 13.2. The molecule has 0 aliphatic carbocycles. The first-order chi connectivity index (χ1) is 14.6. The Hall–Kier alpha value is -2.34. The fourth-order valence-corrected chi connectivity index (χ4v) is 4.75. The fourth-order valence-electron chi connectivity index (χ4n) is 3.57. The predicted octanol–water partition coefficient (Wildman–Crippen LogP) is 6.29. The van der Waals surface area contributed by atoms with Crippen LogP contribution in [0, 0.1) is 5.82 Å². The number of anilines is 2. The summed E-state index contributed by atoms with van der Waals surface area (Å²) in [6.45, 7) is 2.20. The molecule has 6 heteroatoms. The van der Waals surface area contributed by atoms with Crippen molar-refractivity contribution in [3.05, 3.63) is 59.9 Å². The number of benzene rings is 2. The molecule has 1 atom stereocenters. The van der Waals surface area contributed by atoms with Crippen LogP contribution in [0.5, 0.6) is 0 Å². The van der Waals surface area contributed by atoms with Crippen LogP contribution in [0.15, 0.2) is 48.5 Å². The molecule has 0 radical (unpaired) electrons. The van der Waals surface area contributed by atoms with Crippen molar-refractivity contribution in [2.75, 3.05) is 16.0 Å². The SMILES string of the molecule is CCCCCCCCC(=O)Nc1ccc(C2SCC(=O)N2c2ccc(F)cc2)cc1. The van der Waals surface area contributed by atoms with E-state index in [4.69, 9.17) is 0 Å². The number of hydrogen-bond acceptors (Lipinski definition) is 3. The van der Waals surface area contributed by atoms with Crippen LogP contribution >= 0.6 is 11.8 Å². The summed E-state index contributed by atoms with van der Waals surface area (Å²) in [7, 11) is 0. The smallest absolute Gasteiger partial charge is 0.238 e. The number of hydrogen-bond donors (Lipinski definition) is 1. The lowest BCUT2D eigenvalue weighted by molar-refractivity contribution is -0.116. The topological polar surface area (TPSA) is 49.4 Å². The van der Waals surface area contributed by atoms with Crippen molar-refractivity contribution in [1.82, 2.24) is 0 Å². The quantitative estimate of drug-likeness (QED) is 0.452. The van der Waals surface area contributed by atoms with Gasteiger partial charge in [0.05, 0.1) is 5.75 Å². The van der Waals surface area contributed by atoms with Crippen LogP contribution in [0.4, 0.5) is 15.8 Å². The Labute approximate surface area is 182 Å². The zero-order chi connectivity index (χ0) is 21.3. The van der Waals surface area contributed by atoms with E-state index in [2.05, 4.69) is 12.2 Å². The van der Waals surface area contributed by atoms with E-state index in [0.717, 1.165) is 24.1 Å². The zero-order valence-corrected chi connectivity index (χ0v) is 18.2. The lowest BCUT2D eigenvalue weighted by Gasteiger charge is -2.24.